The first-order valence-electron chi connectivity index (χ1n) is 3.99. The fraction of sp³-hybridized carbons (Fsp3) is 0.333. The van der Waals surface area contributed by atoms with Crippen LogP contribution in [-0.4, -0.2) is 10.2 Å². The third-order valence-corrected chi connectivity index (χ3v) is 2.40. The third-order valence-electron chi connectivity index (χ3n) is 2.40. The van der Waals surface area contributed by atoms with Crippen LogP contribution in [0.15, 0.2) is 12.1 Å². The molecule has 1 aromatic carbocycles. The van der Waals surface area contributed by atoms with E-state index in [9.17, 15) is 10.2 Å². The Morgan fingerprint density at radius 2 is 2.08 bits per heavy atom. The average Bonchev–Trinajstić information content (AvgIpc) is 2.41. The van der Waals surface area contributed by atoms with Crippen LogP contribution >= 0.6 is 0 Å². The minimum Gasteiger partial charge on any atom is -0.504 e. The molecule has 4 N–H and O–H groups in total. The molecule has 0 aliphatic heterocycles. The molecule has 0 fully saturated rings. The standard InChI is InChI=1S/C9H11NO2/c10-7-3-1-6-5(7)2-4-8(11)9(6)12/h2,4,7,11-12H,1,3,10H2. The van der Waals surface area contributed by atoms with Crippen LogP contribution in [0.1, 0.15) is 23.6 Å². The second-order valence-corrected chi connectivity index (χ2v) is 3.15. The Balaban J connectivity index is 2.60. The van der Waals surface area contributed by atoms with Gasteiger partial charge < -0.3 is 15.9 Å². The molecule has 12 heavy (non-hydrogen) atoms. The van der Waals surface area contributed by atoms with Gasteiger partial charge in [-0.05, 0) is 24.5 Å². The van der Waals surface area contributed by atoms with Gasteiger partial charge in [0.25, 0.3) is 0 Å². The molecule has 1 aliphatic rings. The van der Waals surface area contributed by atoms with Crippen molar-refractivity contribution in [1.29, 1.82) is 0 Å². The van der Waals surface area contributed by atoms with E-state index in [4.69, 9.17) is 5.73 Å². The Morgan fingerprint density at radius 3 is 2.83 bits per heavy atom. The molecule has 0 saturated heterocycles. The van der Waals surface area contributed by atoms with Gasteiger partial charge in [-0.3, -0.25) is 0 Å². The minimum atomic E-state index is -0.0529. The van der Waals surface area contributed by atoms with E-state index in [1.165, 1.54) is 6.07 Å². The molecule has 0 radical (unpaired) electrons. The van der Waals surface area contributed by atoms with E-state index < -0.39 is 0 Å². The first-order valence-corrected chi connectivity index (χ1v) is 3.99. The number of rotatable bonds is 0. The zero-order valence-electron chi connectivity index (χ0n) is 6.62. The first kappa shape index (κ1) is 7.43. The van der Waals surface area contributed by atoms with Gasteiger partial charge in [-0.15, -0.1) is 0 Å². The molecule has 0 heterocycles. The molecule has 0 spiro atoms. The highest BCUT2D eigenvalue weighted by Crippen LogP contribution is 2.39. The maximum atomic E-state index is 9.43. The lowest BCUT2D eigenvalue weighted by molar-refractivity contribution is 0.400. The van der Waals surface area contributed by atoms with E-state index in [1.54, 1.807) is 6.07 Å². The average molecular weight is 165 g/mol. The van der Waals surface area contributed by atoms with Crippen molar-refractivity contribution in [2.24, 2.45) is 5.73 Å². The van der Waals surface area contributed by atoms with E-state index in [2.05, 4.69) is 0 Å². The number of nitrogens with two attached hydrogens (primary N) is 1. The fourth-order valence-corrected chi connectivity index (χ4v) is 1.71. The third kappa shape index (κ3) is 0.865. The van der Waals surface area contributed by atoms with Crippen molar-refractivity contribution in [3.8, 4) is 11.5 Å². The smallest absolute Gasteiger partial charge is 0.161 e. The molecule has 0 amide bonds. The SMILES string of the molecule is NC1CCc2c1ccc(O)c2O. The highest BCUT2D eigenvalue weighted by molar-refractivity contribution is 5.51. The van der Waals surface area contributed by atoms with Crippen molar-refractivity contribution in [3.05, 3.63) is 23.3 Å². The lowest BCUT2D eigenvalue weighted by Gasteiger charge is -2.06. The van der Waals surface area contributed by atoms with E-state index in [0.717, 1.165) is 24.0 Å². The molecule has 3 heteroatoms. The van der Waals surface area contributed by atoms with Crippen molar-refractivity contribution >= 4 is 0 Å². The Hall–Kier alpha value is -1.22. The van der Waals surface area contributed by atoms with Gasteiger partial charge in [-0.1, -0.05) is 6.07 Å². The summed E-state index contributed by atoms with van der Waals surface area (Å²) >= 11 is 0. The summed E-state index contributed by atoms with van der Waals surface area (Å²) in [5.41, 5.74) is 7.54. The summed E-state index contributed by atoms with van der Waals surface area (Å²) in [4.78, 5) is 0. The Labute approximate surface area is 70.4 Å². The quantitative estimate of drug-likeness (QED) is 0.503. The van der Waals surface area contributed by atoms with Crippen LogP contribution in [0.2, 0.25) is 0 Å². The number of aromatic hydroxyl groups is 2. The zero-order valence-corrected chi connectivity index (χ0v) is 6.62. The van der Waals surface area contributed by atoms with E-state index in [0.29, 0.717) is 0 Å². The second kappa shape index (κ2) is 2.38. The van der Waals surface area contributed by atoms with Crippen molar-refractivity contribution < 1.29 is 10.2 Å². The van der Waals surface area contributed by atoms with Gasteiger partial charge in [0.15, 0.2) is 11.5 Å². The van der Waals surface area contributed by atoms with Crippen molar-refractivity contribution in [2.45, 2.75) is 18.9 Å². The molecule has 0 aromatic heterocycles. The van der Waals surface area contributed by atoms with E-state index in [1.807, 2.05) is 0 Å². The summed E-state index contributed by atoms with van der Waals surface area (Å²) in [5.74, 6) is -0.0525. The fourth-order valence-electron chi connectivity index (χ4n) is 1.71. The normalized spacial score (nSPS) is 20.9. The molecular formula is C9H11NO2. The Bertz CT molecular complexity index is 323. The van der Waals surface area contributed by atoms with Gasteiger partial charge in [0.2, 0.25) is 0 Å². The topological polar surface area (TPSA) is 66.5 Å². The van der Waals surface area contributed by atoms with Crippen LogP contribution in [0.4, 0.5) is 0 Å². The molecule has 1 unspecified atom stereocenters. The van der Waals surface area contributed by atoms with Gasteiger partial charge in [0.1, 0.15) is 0 Å². The minimum absolute atomic E-state index is 0.000417. The van der Waals surface area contributed by atoms with Crippen molar-refractivity contribution in [1.82, 2.24) is 0 Å². The van der Waals surface area contributed by atoms with Crippen LogP contribution < -0.4 is 5.73 Å². The number of phenols is 2. The van der Waals surface area contributed by atoms with Crippen molar-refractivity contribution in [3.63, 3.8) is 0 Å². The lowest BCUT2D eigenvalue weighted by Crippen LogP contribution is -2.04. The number of hydrogen-bond donors (Lipinski definition) is 3. The predicted octanol–water partition coefficient (Wildman–Crippen LogP) is 1.04. The van der Waals surface area contributed by atoms with Gasteiger partial charge >= 0.3 is 0 Å². The van der Waals surface area contributed by atoms with Crippen LogP contribution in [-0.2, 0) is 6.42 Å². The Morgan fingerprint density at radius 1 is 1.33 bits per heavy atom. The summed E-state index contributed by atoms with van der Waals surface area (Å²) in [6.07, 6.45) is 1.61. The maximum absolute atomic E-state index is 9.43. The monoisotopic (exact) mass is 165 g/mol. The summed E-state index contributed by atoms with van der Waals surface area (Å²) in [7, 11) is 0. The molecule has 3 nitrogen and oxygen atoms in total. The number of phenolic OH excluding ortho intramolecular Hbond substituents is 2. The van der Waals surface area contributed by atoms with Crippen LogP contribution in [0, 0.1) is 0 Å². The molecular weight excluding hydrogens is 154 g/mol. The van der Waals surface area contributed by atoms with Crippen LogP contribution in [0.25, 0.3) is 0 Å². The zero-order chi connectivity index (χ0) is 8.72. The van der Waals surface area contributed by atoms with Crippen LogP contribution in [0.5, 0.6) is 11.5 Å². The molecule has 64 valence electrons. The highest BCUT2D eigenvalue weighted by atomic mass is 16.3. The van der Waals surface area contributed by atoms with Gasteiger partial charge in [0.05, 0.1) is 0 Å². The summed E-state index contributed by atoms with van der Waals surface area (Å²) in [6.45, 7) is 0. The molecule has 0 bridgehead atoms. The van der Waals surface area contributed by atoms with Crippen LogP contribution in [0.3, 0.4) is 0 Å². The second-order valence-electron chi connectivity index (χ2n) is 3.15. The van der Waals surface area contributed by atoms with E-state index >= 15 is 0 Å². The lowest BCUT2D eigenvalue weighted by atomic mass is 10.1. The molecule has 0 saturated carbocycles. The summed E-state index contributed by atoms with van der Waals surface area (Å²) in [5, 5.41) is 18.6. The van der Waals surface area contributed by atoms with Gasteiger partial charge in [-0.2, -0.15) is 0 Å². The van der Waals surface area contributed by atoms with Gasteiger partial charge in [-0.25, -0.2) is 0 Å². The molecule has 1 aromatic rings. The summed E-state index contributed by atoms with van der Waals surface area (Å²) < 4.78 is 0. The predicted molar refractivity (Wildman–Crippen MR) is 45.0 cm³/mol. The molecule has 1 aliphatic carbocycles. The van der Waals surface area contributed by atoms with Crippen molar-refractivity contribution in [2.75, 3.05) is 0 Å². The molecule has 2 rings (SSSR count). The maximum Gasteiger partial charge on any atom is 0.161 e. The largest absolute Gasteiger partial charge is 0.504 e. The summed E-state index contributed by atoms with van der Waals surface area (Å²) in [6, 6.07) is 3.29. The molecule has 1 atom stereocenters. The Kier molecular flexibility index (Phi) is 1.48. The number of fused-ring (bicyclic) bond motifs is 1. The van der Waals surface area contributed by atoms with E-state index in [-0.39, 0.29) is 17.5 Å². The number of benzene rings is 1. The number of hydrogen-bond acceptors (Lipinski definition) is 3. The van der Waals surface area contributed by atoms with Gasteiger partial charge in [0, 0.05) is 11.6 Å². The first-order chi connectivity index (χ1) is 5.70. The highest BCUT2D eigenvalue weighted by Gasteiger charge is 2.23.